The summed E-state index contributed by atoms with van der Waals surface area (Å²) in [4.78, 5) is 2.36. The Bertz CT molecular complexity index is 1510. The fourth-order valence-electron chi connectivity index (χ4n) is 4.53. The third-order valence-electron chi connectivity index (χ3n) is 6.25. The highest BCUT2D eigenvalue weighted by Crippen LogP contribution is 2.41. The van der Waals surface area contributed by atoms with Gasteiger partial charge in [0, 0.05) is 11.3 Å². The first-order valence-corrected chi connectivity index (χ1v) is 12.5. The minimum atomic E-state index is 1.08. The second-order valence-corrected chi connectivity index (χ2v) is 8.67. The molecule has 0 N–H and O–H groups in total. The van der Waals surface area contributed by atoms with Crippen LogP contribution in [0.1, 0.15) is 5.56 Å². The first-order chi connectivity index (χ1) is 18.3. The van der Waals surface area contributed by atoms with Crippen molar-refractivity contribution < 1.29 is 0 Å². The summed E-state index contributed by atoms with van der Waals surface area (Å²) in [6.45, 7) is 3.86. The maximum Gasteiger partial charge on any atom is 0.0540 e. The van der Waals surface area contributed by atoms with Gasteiger partial charge in [-0.25, -0.2) is 0 Å². The molecular weight excluding hydrogens is 446 g/mol. The fourth-order valence-corrected chi connectivity index (χ4v) is 4.53. The molecule has 1 nitrogen and oxygen atoms in total. The molecule has 0 fully saturated rings. The van der Waals surface area contributed by atoms with E-state index in [0.717, 1.165) is 22.6 Å². The predicted molar refractivity (Wildman–Crippen MR) is 160 cm³/mol. The average molecular weight is 476 g/mol. The molecule has 178 valence electrons. The van der Waals surface area contributed by atoms with E-state index in [1.165, 1.54) is 22.3 Å². The van der Waals surface area contributed by atoms with E-state index in [0.29, 0.717) is 0 Å². The zero-order valence-electron chi connectivity index (χ0n) is 20.7. The lowest BCUT2D eigenvalue weighted by molar-refractivity contribution is 1.29. The molecule has 5 rings (SSSR count). The quantitative estimate of drug-likeness (QED) is 0.202. The Morgan fingerprint density at radius 1 is 0.541 bits per heavy atom. The van der Waals surface area contributed by atoms with Crippen LogP contribution in [0.15, 0.2) is 170 Å². The van der Waals surface area contributed by atoms with Crippen molar-refractivity contribution in [1.82, 2.24) is 0 Å². The fraction of sp³-hybridized carbons (Fsp3) is 0. The van der Waals surface area contributed by atoms with E-state index in [4.69, 9.17) is 0 Å². The van der Waals surface area contributed by atoms with E-state index in [1.807, 2.05) is 6.08 Å². The van der Waals surface area contributed by atoms with Crippen LogP contribution in [0.25, 0.3) is 28.0 Å². The number of nitrogens with zero attached hydrogens (tertiary/aromatic N) is 1. The summed E-state index contributed by atoms with van der Waals surface area (Å²) >= 11 is 0. The van der Waals surface area contributed by atoms with E-state index in [1.54, 1.807) is 6.08 Å². The molecule has 5 aromatic carbocycles. The molecule has 0 bridgehead atoms. The topological polar surface area (TPSA) is 3.24 Å². The van der Waals surface area contributed by atoms with Gasteiger partial charge in [-0.05, 0) is 46.5 Å². The summed E-state index contributed by atoms with van der Waals surface area (Å²) in [6, 6.07) is 49.0. The van der Waals surface area contributed by atoms with E-state index in [-0.39, 0.29) is 0 Å². The minimum absolute atomic E-state index is 1.08. The van der Waals surface area contributed by atoms with Crippen molar-refractivity contribution in [2.45, 2.75) is 0 Å². The lowest BCUT2D eigenvalue weighted by Gasteiger charge is -2.30. The molecule has 0 aliphatic rings. The van der Waals surface area contributed by atoms with Crippen molar-refractivity contribution in [2.24, 2.45) is 0 Å². The number of allylic oxidation sites excluding steroid dienone is 4. The van der Waals surface area contributed by atoms with E-state index in [9.17, 15) is 0 Å². The lowest BCUT2D eigenvalue weighted by Crippen LogP contribution is -2.16. The smallest absolute Gasteiger partial charge is 0.0540 e. The highest BCUT2D eigenvalue weighted by molar-refractivity contribution is 5.95. The third-order valence-corrected chi connectivity index (χ3v) is 6.25. The van der Waals surface area contributed by atoms with Gasteiger partial charge in [-0.15, -0.1) is 0 Å². The molecule has 0 spiro atoms. The van der Waals surface area contributed by atoms with Crippen LogP contribution in [-0.2, 0) is 0 Å². The van der Waals surface area contributed by atoms with Gasteiger partial charge in [0.25, 0.3) is 0 Å². The monoisotopic (exact) mass is 475 g/mol. The molecule has 37 heavy (non-hydrogen) atoms. The van der Waals surface area contributed by atoms with Gasteiger partial charge in [-0.3, -0.25) is 0 Å². The second-order valence-electron chi connectivity index (χ2n) is 8.67. The molecule has 5 aromatic rings. The van der Waals surface area contributed by atoms with E-state index < -0.39 is 0 Å². The molecule has 0 aliphatic heterocycles. The van der Waals surface area contributed by atoms with Crippen LogP contribution < -0.4 is 4.90 Å². The number of hydrogen-bond donors (Lipinski definition) is 0. The van der Waals surface area contributed by atoms with E-state index in [2.05, 4.69) is 163 Å². The van der Waals surface area contributed by atoms with Gasteiger partial charge >= 0.3 is 0 Å². The molecule has 0 saturated heterocycles. The van der Waals surface area contributed by atoms with Crippen LogP contribution in [0.3, 0.4) is 0 Å². The van der Waals surface area contributed by atoms with Crippen molar-refractivity contribution in [3.8, 4) is 22.3 Å². The molecule has 0 aromatic heterocycles. The maximum absolute atomic E-state index is 3.86. The highest BCUT2D eigenvalue weighted by atomic mass is 15.2. The first kappa shape index (κ1) is 23.8. The van der Waals surface area contributed by atoms with Crippen molar-refractivity contribution in [3.05, 3.63) is 176 Å². The number of hydrogen-bond acceptors (Lipinski definition) is 1. The Morgan fingerprint density at radius 2 is 1.14 bits per heavy atom. The number of anilines is 2. The highest BCUT2D eigenvalue weighted by Gasteiger charge is 2.20. The average Bonchev–Trinajstić information content (AvgIpc) is 2.98. The number of rotatable bonds is 8. The Kier molecular flexibility index (Phi) is 7.54. The lowest BCUT2D eigenvalue weighted by atomic mass is 9.99. The van der Waals surface area contributed by atoms with Crippen LogP contribution in [0, 0.1) is 0 Å². The Morgan fingerprint density at radius 3 is 1.84 bits per heavy atom. The SMILES string of the molecule is C=CC=CC=C(c1ccccc1)N(c1cccc(-c2ccccc2)c1)c1ccccc1-c1ccccc1. The molecule has 0 radical (unpaired) electrons. The molecule has 1 heteroatoms. The summed E-state index contributed by atoms with van der Waals surface area (Å²) in [6.07, 6.45) is 7.98. The summed E-state index contributed by atoms with van der Waals surface area (Å²) in [5, 5.41) is 0. The van der Waals surface area contributed by atoms with Gasteiger partial charge in [-0.1, -0.05) is 146 Å². The molecule has 0 atom stereocenters. The Labute approximate surface area is 220 Å². The molecular formula is C36H29N. The Balaban J connectivity index is 1.77. The largest absolute Gasteiger partial charge is 0.309 e. The van der Waals surface area contributed by atoms with Gasteiger partial charge < -0.3 is 4.90 Å². The van der Waals surface area contributed by atoms with Gasteiger partial charge in [-0.2, -0.15) is 0 Å². The first-order valence-electron chi connectivity index (χ1n) is 12.5. The van der Waals surface area contributed by atoms with Gasteiger partial charge in [0.15, 0.2) is 0 Å². The zero-order chi connectivity index (χ0) is 25.3. The summed E-state index contributed by atoms with van der Waals surface area (Å²) in [5.74, 6) is 0. The van der Waals surface area contributed by atoms with Gasteiger partial charge in [0.05, 0.1) is 11.4 Å². The summed E-state index contributed by atoms with van der Waals surface area (Å²) in [5.41, 5.74) is 9.12. The summed E-state index contributed by atoms with van der Waals surface area (Å²) < 4.78 is 0. The summed E-state index contributed by atoms with van der Waals surface area (Å²) in [7, 11) is 0. The zero-order valence-corrected chi connectivity index (χ0v) is 20.7. The standard InChI is InChI=1S/C36H29N/c1-2-3-7-26-35(31-21-12-6-13-22-31)37(33-24-16-23-32(28-33)29-17-8-4-9-18-29)36-27-15-14-25-34(36)30-19-10-5-11-20-30/h2-28H,1H2. The number of benzene rings is 5. The van der Waals surface area contributed by atoms with Crippen molar-refractivity contribution in [2.75, 3.05) is 4.90 Å². The Hall–Kier alpha value is -4.88. The van der Waals surface area contributed by atoms with Crippen LogP contribution >= 0.6 is 0 Å². The number of para-hydroxylation sites is 1. The predicted octanol–water partition coefficient (Wildman–Crippen LogP) is 9.94. The van der Waals surface area contributed by atoms with Crippen LogP contribution in [-0.4, -0.2) is 0 Å². The molecule has 0 saturated carbocycles. The molecule has 0 unspecified atom stereocenters. The van der Waals surface area contributed by atoms with Crippen LogP contribution in [0.5, 0.6) is 0 Å². The van der Waals surface area contributed by atoms with Crippen LogP contribution in [0.2, 0.25) is 0 Å². The molecule has 0 heterocycles. The molecule has 0 amide bonds. The van der Waals surface area contributed by atoms with E-state index >= 15 is 0 Å². The normalized spacial score (nSPS) is 11.4. The van der Waals surface area contributed by atoms with Gasteiger partial charge in [0.1, 0.15) is 0 Å². The maximum atomic E-state index is 3.86. The van der Waals surface area contributed by atoms with Crippen molar-refractivity contribution >= 4 is 17.1 Å². The second kappa shape index (κ2) is 11.7. The third kappa shape index (κ3) is 5.52. The molecule has 0 aliphatic carbocycles. The van der Waals surface area contributed by atoms with Crippen molar-refractivity contribution in [3.63, 3.8) is 0 Å². The minimum Gasteiger partial charge on any atom is -0.309 e. The van der Waals surface area contributed by atoms with Gasteiger partial charge in [0.2, 0.25) is 0 Å². The van der Waals surface area contributed by atoms with Crippen molar-refractivity contribution in [1.29, 1.82) is 0 Å². The van der Waals surface area contributed by atoms with Crippen LogP contribution in [0.4, 0.5) is 11.4 Å².